The Hall–Kier alpha value is -2.73. The van der Waals surface area contributed by atoms with Gasteiger partial charge in [0.2, 0.25) is 0 Å². The molecule has 1 aliphatic heterocycles. The van der Waals surface area contributed by atoms with E-state index in [2.05, 4.69) is 20.8 Å². The molecule has 25 heavy (non-hydrogen) atoms. The molecule has 1 aliphatic rings. The largest absolute Gasteiger partial charge is 0.365 e. The summed E-state index contributed by atoms with van der Waals surface area (Å²) < 4.78 is 0. The van der Waals surface area contributed by atoms with Gasteiger partial charge in [0.15, 0.2) is 5.82 Å². The summed E-state index contributed by atoms with van der Waals surface area (Å²) in [6.07, 6.45) is 0.941. The number of benzene rings is 1. The Morgan fingerprint density at radius 2 is 1.96 bits per heavy atom. The predicted octanol–water partition coefficient (Wildman–Crippen LogP) is 2.74. The second kappa shape index (κ2) is 6.64. The second-order valence-corrected chi connectivity index (χ2v) is 6.38. The first-order valence-electron chi connectivity index (χ1n) is 8.62. The molecule has 0 saturated carbocycles. The normalized spacial score (nSPS) is 13.5. The van der Waals surface area contributed by atoms with Gasteiger partial charge in [0.25, 0.3) is 0 Å². The van der Waals surface area contributed by atoms with Gasteiger partial charge in [0.1, 0.15) is 5.82 Å². The van der Waals surface area contributed by atoms with E-state index in [1.54, 1.807) is 0 Å². The molecular formula is C19H22N6. The van der Waals surface area contributed by atoms with Gasteiger partial charge in [0.05, 0.1) is 11.4 Å². The van der Waals surface area contributed by atoms with Crippen LogP contribution in [-0.4, -0.2) is 26.7 Å². The molecule has 128 valence electrons. The van der Waals surface area contributed by atoms with Crippen molar-refractivity contribution in [1.29, 1.82) is 0 Å². The van der Waals surface area contributed by atoms with Crippen LogP contribution in [0.25, 0.3) is 11.4 Å². The van der Waals surface area contributed by atoms with Gasteiger partial charge < -0.3 is 10.6 Å². The molecule has 0 aliphatic carbocycles. The topological polar surface area (TPSA) is 78.5 Å². The van der Waals surface area contributed by atoms with E-state index >= 15 is 0 Å². The van der Waals surface area contributed by atoms with E-state index in [1.165, 1.54) is 11.1 Å². The molecule has 0 saturated heterocycles. The van der Waals surface area contributed by atoms with Crippen LogP contribution >= 0.6 is 0 Å². The van der Waals surface area contributed by atoms with Gasteiger partial charge in [0, 0.05) is 35.5 Å². The van der Waals surface area contributed by atoms with Gasteiger partial charge in [-0.3, -0.25) is 5.10 Å². The zero-order valence-electron chi connectivity index (χ0n) is 14.6. The van der Waals surface area contributed by atoms with E-state index in [0.717, 1.165) is 53.8 Å². The fraction of sp³-hybridized carbons (Fsp3) is 0.316. The molecule has 3 aromatic rings. The maximum absolute atomic E-state index is 4.83. The van der Waals surface area contributed by atoms with Crippen molar-refractivity contribution in [3.8, 4) is 11.4 Å². The highest BCUT2D eigenvalue weighted by molar-refractivity contribution is 5.60. The predicted molar refractivity (Wildman–Crippen MR) is 98.3 cm³/mol. The van der Waals surface area contributed by atoms with Crippen LogP contribution in [0.1, 0.15) is 28.2 Å². The van der Waals surface area contributed by atoms with Crippen molar-refractivity contribution < 1.29 is 0 Å². The monoisotopic (exact) mass is 334 g/mol. The number of aryl methyl sites for hydroxylation is 2. The molecule has 0 fully saturated rings. The summed E-state index contributed by atoms with van der Waals surface area (Å²) in [5.74, 6) is 1.71. The maximum Gasteiger partial charge on any atom is 0.161 e. The molecule has 6 nitrogen and oxygen atoms in total. The molecule has 0 spiro atoms. The number of aromatic nitrogens is 4. The van der Waals surface area contributed by atoms with Crippen molar-refractivity contribution in [1.82, 2.24) is 25.5 Å². The van der Waals surface area contributed by atoms with Crippen LogP contribution in [0.15, 0.2) is 30.3 Å². The summed E-state index contributed by atoms with van der Waals surface area (Å²) in [5, 5.41) is 14.2. The van der Waals surface area contributed by atoms with Gasteiger partial charge in [-0.25, -0.2) is 9.97 Å². The van der Waals surface area contributed by atoms with E-state index in [4.69, 9.17) is 9.97 Å². The van der Waals surface area contributed by atoms with Gasteiger partial charge in [-0.15, -0.1) is 0 Å². The molecule has 0 unspecified atom stereocenters. The minimum atomic E-state index is 0.708. The van der Waals surface area contributed by atoms with Crippen LogP contribution in [0.3, 0.4) is 0 Å². The molecule has 3 heterocycles. The number of aromatic amines is 1. The number of fused-ring (bicyclic) bond motifs is 1. The molecule has 2 aromatic heterocycles. The van der Waals surface area contributed by atoms with Crippen LogP contribution in [-0.2, 0) is 19.5 Å². The van der Waals surface area contributed by atoms with Crippen LogP contribution in [0, 0.1) is 13.8 Å². The molecule has 4 rings (SSSR count). The van der Waals surface area contributed by atoms with Gasteiger partial charge in [-0.05, 0) is 26.8 Å². The zero-order chi connectivity index (χ0) is 17.2. The minimum Gasteiger partial charge on any atom is -0.365 e. The third kappa shape index (κ3) is 3.13. The number of H-pyrrole nitrogens is 1. The van der Waals surface area contributed by atoms with Gasteiger partial charge in [-0.2, -0.15) is 5.10 Å². The third-order valence-corrected chi connectivity index (χ3v) is 4.68. The quantitative estimate of drug-likeness (QED) is 0.684. The van der Waals surface area contributed by atoms with E-state index in [-0.39, 0.29) is 0 Å². The van der Waals surface area contributed by atoms with Crippen LogP contribution in [0.5, 0.6) is 0 Å². The van der Waals surface area contributed by atoms with Crippen LogP contribution in [0.4, 0.5) is 5.82 Å². The Morgan fingerprint density at radius 1 is 1.12 bits per heavy atom. The second-order valence-electron chi connectivity index (χ2n) is 6.38. The van der Waals surface area contributed by atoms with Crippen molar-refractivity contribution in [3.63, 3.8) is 0 Å². The molecule has 0 atom stereocenters. The van der Waals surface area contributed by atoms with E-state index in [9.17, 15) is 0 Å². The van der Waals surface area contributed by atoms with Crippen molar-refractivity contribution in [3.05, 3.63) is 58.5 Å². The van der Waals surface area contributed by atoms with Crippen molar-refractivity contribution in [2.75, 3.05) is 11.9 Å². The number of hydrogen-bond donors (Lipinski definition) is 3. The molecule has 0 radical (unpaired) electrons. The number of anilines is 1. The van der Waals surface area contributed by atoms with Gasteiger partial charge in [-0.1, -0.05) is 30.3 Å². The molecule has 6 heteroatoms. The Balaban J connectivity index is 1.70. The Labute approximate surface area is 147 Å². The fourth-order valence-electron chi connectivity index (χ4n) is 3.23. The average Bonchev–Trinajstić information content (AvgIpc) is 2.98. The average molecular weight is 334 g/mol. The van der Waals surface area contributed by atoms with Crippen LogP contribution in [0.2, 0.25) is 0 Å². The highest BCUT2D eigenvalue weighted by atomic mass is 15.1. The summed E-state index contributed by atoms with van der Waals surface area (Å²) >= 11 is 0. The summed E-state index contributed by atoms with van der Waals surface area (Å²) in [4.78, 5) is 9.63. The standard InChI is InChI=1S/C19H22N6/c1-12-16(13(2)25-24-12)10-21-19-15-8-9-20-11-17(15)22-18(23-19)14-6-4-3-5-7-14/h3-7,20H,8-11H2,1-2H3,(H,24,25)(H,21,22,23). The highest BCUT2D eigenvalue weighted by Crippen LogP contribution is 2.25. The summed E-state index contributed by atoms with van der Waals surface area (Å²) in [7, 11) is 0. The third-order valence-electron chi connectivity index (χ3n) is 4.68. The van der Waals surface area contributed by atoms with Gasteiger partial charge >= 0.3 is 0 Å². The Bertz CT molecular complexity index is 865. The first-order valence-corrected chi connectivity index (χ1v) is 8.62. The highest BCUT2D eigenvalue weighted by Gasteiger charge is 2.18. The lowest BCUT2D eigenvalue weighted by Crippen LogP contribution is -2.26. The van der Waals surface area contributed by atoms with E-state index in [1.807, 2.05) is 44.2 Å². The lowest BCUT2D eigenvalue weighted by molar-refractivity contribution is 0.625. The molecule has 1 aromatic carbocycles. The molecule has 0 bridgehead atoms. The lowest BCUT2D eigenvalue weighted by Gasteiger charge is -2.21. The summed E-state index contributed by atoms with van der Waals surface area (Å²) in [6, 6.07) is 10.1. The van der Waals surface area contributed by atoms with E-state index < -0.39 is 0 Å². The number of nitrogens with one attached hydrogen (secondary N) is 3. The SMILES string of the molecule is Cc1n[nH]c(C)c1CNc1nc(-c2ccccc2)nc2c1CCNC2. The number of hydrogen-bond acceptors (Lipinski definition) is 5. The maximum atomic E-state index is 4.83. The smallest absolute Gasteiger partial charge is 0.161 e. The van der Waals surface area contributed by atoms with Crippen LogP contribution < -0.4 is 10.6 Å². The van der Waals surface area contributed by atoms with Crippen molar-refractivity contribution >= 4 is 5.82 Å². The zero-order valence-corrected chi connectivity index (χ0v) is 14.6. The fourth-order valence-corrected chi connectivity index (χ4v) is 3.23. The Kier molecular flexibility index (Phi) is 4.19. The minimum absolute atomic E-state index is 0.708. The first-order chi connectivity index (χ1) is 12.2. The first kappa shape index (κ1) is 15.8. The van der Waals surface area contributed by atoms with E-state index in [0.29, 0.717) is 6.54 Å². The lowest BCUT2D eigenvalue weighted by atomic mass is 10.1. The van der Waals surface area contributed by atoms with Crippen molar-refractivity contribution in [2.45, 2.75) is 33.4 Å². The summed E-state index contributed by atoms with van der Waals surface area (Å²) in [6.45, 7) is 6.52. The van der Waals surface area contributed by atoms with Crippen molar-refractivity contribution in [2.24, 2.45) is 0 Å². The summed E-state index contributed by atoms with van der Waals surface area (Å²) in [5.41, 5.74) is 6.66. The molecule has 0 amide bonds. The number of rotatable bonds is 4. The number of nitrogens with zero attached hydrogens (tertiary/aromatic N) is 3. The Morgan fingerprint density at radius 3 is 2.72 bits per heavy atom. The molecule has 3 N–H and O–H groups in total. The molecular weight excluding hydrogens is 312 g/mol.